The molecule has 1 atom stereocenters. The summed E-state index contributed by atoms with van der Waals surface area (Å²) in [7, 11) is 0. The molecule has 0 radical (unpaired) electrons. The van der Waals surface area contributed by atoms with E-state index in [-0.39, 0.29) is 36.0 Å². The number of rotatable bonds is 4. The van der Waals surface area contributed by atoms with E-state index in [9.17, 15) is 18.8 Å². The van der Waals surface area contributed by atoms with Crippen LogP contribution >= 0.6 is 22.9 Å². The van der Waals surface area contributed by atoms with Gasteiger partial charge in [0.1, 0.15) is 5.82 Å². The van der Waals surface area contributed by atoms with Gasteiger partial charge in [-0.3, -0.25) is 19.0 Å². The molecule has 9 heteroatoms. The Morgan fingerprint density at radius 2 is 2.00 bits per heavy atom. The van der Waals surface area contributed by atoms with E-state index in [2.05, 4.69) is 5.32 Å². The maximum Gasteiger partial charge on any atom is 0.261 e. The SMILES string of the molecule is O=C(NC1CC(=O)N(c2ccc(-n3ccccc3=O)cc2F)C1)c1ccc(Cl)s1. The number of carbonyl (C=O) groups excluding carboxylic acids is 2. The number of halogens is 2. The minimum Gasteiger partial charge on any atom is -0.346 e. The molecule has 0 bridgehead atoms. The lowest BCUT2D eigenvalue weighted by atomic mass is 10.2. The van der Waals surface area contributed by atoms with Gasteiger partial charge in [0.05, 0.1) is 26.6 Å². The Balaban J connectivity index is 1.51. The number of aromatic nitrogens is 1. The molecule has 2 amide bonds. The van der Waals surface area contributed by atoms with Crippen LogP contribution in [0.25, 0.3) is 5.69 Å². The van der Waals surface area contributed by atoms with Crippen LogP contribution in [0.4, 0.5) is 10.1 Å². The van der Waals surface area contributed by atoms with Crippen molar-refractivity contribution in [2.24, 2.45) is 0 Å². The standard InChI is InChI=1S/C20H15ClFN3O3S/c21-17-7-6-16(29-17)20(28)23-12-9-19(27)25(11-12)15-5-4-13(10-14(15)22)24-8-2-1-3-18(24)26/h1-8,10,12H,9,11H2,(H,23,28). The Morgan fingerprint density at radius 1 is 1.17 bits per heavy atom. The highest BCUT2D eigenvalue weighted by molar-refractivity contribution is 7.18. The van der Waals surface area contributed by atoms with Crippen LogP contribution in [0.3, 0.4) is 0 Å². The summed E-state index contributed by atoms with van der Waals surface area (Å²) in [6.45, 7) is 0.158. The summed E-state index contributed by atoms with van der Waals surface area (Å²) >= 11 is 6.99. The first-order valence-electron chi connectivity index (χ1n) is 8.76. The lowest BCUT2D eigenvalue weighted by Crippen LogP contribution is -2.37. The van der Waals surface area contributed by atoms with E-state index >= 15 is 0 Å². The van der Waals surface area contributed by atoms with Crippen LogP contribution < -0.4 is 15.8 Å². The third kappa shape index (κ3) is 3.94. The van der Waals surface area contributed by atoms with E-state index in [0.717, 1.165) is 11.3 Å². The van der Waals surface area contributed by atoms with Crippen molar-refractivity contribution in [3.63, 3.8) is 0 Å². The van der Waals surface area contributed by atoms with Gasteiger partial charge in [0.15, 0.2) is 0 Å². The molecule has 0 aliphatic carbocycles. The summed E-state index contributed by atoms with van der Waals surface area (Å²) in [4.78, 5) is 38.3. The van der Waals surface area contributed by atoms with E-state index in [1.807, 2.05) is 0 Å². The van der Waals surface area contributed by atoms with Crippen molar-refractivity contribution in [1.29, 1.82) is 0 Å². The predicted octanol–water partition coefficient (Wildman–Crippen LogP) is 3.23. The second-order valence-electron chi connectivity index (χ2n) is 6.53. The summed E-state index contributed by atoms with van der Waals surface area (Å²) in [5.41, 5.74) is 0.190. The summed E-state index contributed by atoms with van der Waals surface area (Å²) in [6, 6.07) is 11.7. The largest absolute Gasteiger partial charge is 0.346 e. The number of hydrogen-bond acceptors (Lipinski definition) is 4. The van der Waals surface area contributed by atoms with Crippen molar-refractivity contribution in [3.8, 4) is 5.69 Å². The number of benzene rings is 1. The average Bonchev–Trinajstić information content (AvgIpc) is 3.28. The first-order valence-corrected chi connectivity index (χ1v) is 9.96. The second-order valence-corrected chi connectivity index (χ2v) is 8.24. The van der Waals surface area contributed by atoms with E-state index < -0.39 is 11.9 Å². The Kier molecular flexibility index (Phi) is 5.21. The van der Waals surface area contributed by atoms with Gasteiger partial charge < -0.3 is 10.2 Å². The minimum atomic E-state index is -0.622. The molecule has 3 aromatic rings. The van der Waals surface area contributed by atoms with Crippen molar-refractivity contribution >= 4 is 40.4 Å². The zero-order valence-corrected chi connectivity index (χ0v) is 16.5. The highest BCUT2D eigenvalue weighted by Gasteiger charge is 2.33. The Bertz CT molecular complexity index is 1160. The quantitative estimate of drug-likeness (QED) is 0.689. The Labute approximate surface area is 174 Å². The molecule has 0 spiro atoms. The lowest BCUT2D eigenvalue weighted by molar-refractivity contribution is -0.117. The lowest BCUT2D eigenvalue weighted by Gasteiger charge is -2.18. The van der Waals surface area contributed by atoms with Crippen molar-refractivity contribution in [3.05, 3.63) is 80.1 Å². The van der Waals surface area contributed by atoms with Crippen LogP contribution in [0, 0.1) is 5.82 Å². The van der Waals surface area contributed by atoms with Crippen LogP contribution in [-0.2, 0) is 4.79 Å². The molecular weight excluding hydrogens is 417 g/mol. The fourth-order valence-corrected chi connectivity index (χ4v) is 4.18. The fourth-order valence-electron chi connectivity index (χ4n) is 3.24. The van der Waals surface area contributed by atoms with E-state index in [1.165, 1.54) is 27.7 Å². The molecule has 6 nitrogen and oxygen atoms in total. The Morgan fingerprint density at radius 3 is 2.69 bits per heavy atom. The number of nitrogens with zero attached hydrogens (tertiary/aromatic N) is 2. The van der Waals surface area contributed by atoms with Gasteiger partial charge in [0.25, 0.3) is 11.5 Å². The number of amides is 2. The Hall–Kier alpha value is -2.97. The van der Waals surface area contributed by atoms with Gasteiger partial charge in [-0.15, -0.1) is 11.3 Å². The van der Waals surface area contributed by atoms with Gasteiger partial charge >= 0.3 is 0 Å². The maximum atomic E-state index is 14.7. The van der Waals surface area contributed by atoms with Crippen molar-refractivity contribution in [2.45, 2.75) is 12.5 Å². The van der Waals surface area contributed by atoms with Crippen LogP contribution in [0.5, 0.6) is 0 Å². The van der Waals surface area contributed by atoms with Crippen LogP contribution in [0.15, 0.2) is 59.5 Å². The normalized spacial score (nSPS) is 16.3. The molecule has 1 fully saturated rings. The van der Waals surface area contributed by atoms with Gasteiger partial charge in [0, 0.05) is 31.3 Å². The first kappa shape index (κ1) is 19.4. The van der Waals surface area contributed by atoms with E-state index in [4.69, 9.17) is 11.6 Å². The number of hydrogen-bond donors (Lipinski definition) is 1. The van der Waals surface area contributed by atoms with Crippen LogP contribution in [-0.4, -0.2) is 29.0 Å². The van der Waals surface area contributed by atoms with Gasteiger partial charge in [0.2, 0.25) is 5.91 Å². The molecule has 1 aliphatic heterocycles. The fraction of sp³-hybridized carbons (Fsp3) is 0.150. The topological polar surface area (TPSA) is 71.4 Å². The van der Waals surface area contributed by atoms with Crippen molar-refractivity contribution < 1.29 is 14.0 Å². The summed E-state index contributed by atoms with van der Waals surface area (Å²) in [5.74, 6) is -1.23. The maximum absolute atomic E-state index is 14.7. The third-order valence-corrected chi connectivity index (χ3v) is 5.81. The van der Waals surface area contributed by atoms with Crippen molar-refractivity contribution in [2.75, 3.05) is 11.4 Å². The number of pyridine rings is 1. The molecule has 29 heavy (non-hydrogen) atoms. The third-order valence-electron chi connectivity index (χ3n) is 4.58. The molecule has 1 unspecified atom stereocenters. The number of nitrogens with one attached hydrogen (secondary N) is 1. The highest BCUT2D eigenvalue weighted by Crippen LogP contribution is 2.27. The number of anilines is 1. The smallest absolute Gasteiger partial charge is 0.261 e. The predicted molar refractivity (Wildman–Crippen MR) is 110 cm³/mol. The molecule has 1 saturated heterocycles. The minimum absolute atomic E-state index is 0.0736. The van der Waals surface area contributed by atoms with Gasteiger partial charge in [-0.2, -0.15) is 0 Å². The molecule has 1 N–H and O–H groups in total. The molecule has 4 rings (SSSR count). The van der Waals surface area contributed by atoms with E-state index in [1.54, 1.807) is 36.5 Å². The molecule has 3 heterocycles. The first-order chi connectivity index (χ1) is 13.9. The summed E-state index contributed by atoms with van der Waals surface area (Å²) < 4.78 is 16.6. The molecular formula is C20H15ClFN3O3S. The molecule has 1 aromatic carbocycles. The zero-order valence-electron chi connectivity index (χ0n) is 15.0. The van der Waals surface area contributed by atoms with Gasteiger partial charge in [-0.05, 0) is 30.3 Å². The van der Waals surface area contributed by atoms with Crippen LogP contribution in [0.2, 0.25) is 4.34 Å². The van der Waals surface area contributed by atoms with Gasteiger partial charge in [-0.25, -0.2) is 4.39 Å². The monoisotopic (exact) mass is 431 g/mol. The second kappa shape index (κ2) is 7.81. The van der Waals surface area contributed by atoms with Crippen LogP contribution in [0.1, 0.15) is 16.1 Å². The average molecular weight is 432 g/mol. The van der Waals surface area contributed by atoms with E-state index in [0.29, 0.717) is 14.9 Å². The zero-order chi connectivity index (χ0) is 20.5. The number of thiophene rings is 1. The number of carbonyl (C=O) groups is 2. The molecule has 0 saturated carbocycles. The highest BCUT2D eigenvalue weighted by atomic mass is 35.5. The molecule has 2 aromatic heterocycles. The van der Waals surface area contributed by atoms with Crippen molar-refractivity contribution in [1.82, 2.24) is 9.88 Å². The summed E-state index contributed by atoms with van der Waals surface area (Å²) in [5, 5.41) is 2.79. The summed E-state index contributed by atoms with van der Waals surface area (Å²) in [6.07, 6.45) is 1.62. The molecule has 1 aliphatic rings. The molecule has 148 valence electrons. The van der Waals surface area contributed by atoms with Gasteiger partial charge in [-0.1, -0.05) is 17.7 Å².